The number of nitrogens with one attached hydrogen (secondary N) is 1. The van der Waals surface area contributed by atoms with Gasteiger partial charge in [-0.05, 0) is 35.9 Å². The molecule has 1 aliphatic rings. The van der Waals surface area contributed by atoms with Crippen LogP contribution >= 0.6 is 0 Å². The lowest BCUT2D eigenvalue weighted by atomic mass is 10.1. The highest BCUT2D eigenvalue weighted by atomic mass is 16.5. The molecule has 2 aromatic rings. The van der Waals surface area contributed by atoms with Crippen LogP contribution in [0.3, 0.4) is 0 Å². The zero-order valence-electron chi connectivity index (χ0n) is 14.2. The van der Waals surface area contributed by atoms with Crippen molar-refractivity contribution in [2.75, 3.05) is 19.1 Å². The van der Waals surface area contributed by atoms with Gasteiger partial charge in [0, 0.05) is 0 Å². The highest BCUT2D eigenvalue weighted by Gasteiger charge is 2.36. The Kier molecular flexibility index (Phi) is 4.70. The molecule has 1 aliphatic heterocycles. The molecular formula is C19H16N2O5. The summed E-state index contributed by atoms with van der Waals surface area (Å²) in [5, 5.41) is 2.18. The summed E-state index contributed by atoms with van der Waals surface area (Å²) in [6.07, 6.45) is 1.40. The van der Waals surface area contributed by atoms with Crippen LogP contribution in [0.2, 0.25) is 0 Å². The average molecular weight is 352 g/mol. The predicted molar refractivity (Wildman–Crippen MR) is 95.0 cm³/mol. The maximum absolute atomic E-state index is 12.7. The van der Waals surface area contributed by atoms with Gasteiger partial charge in [-0.3, -0.25) is 14.9 Å². The smallest absolute Gasteiger partial charge is 0.335 e. The fraction of sp³-hybridized carbons (Fsp3) is 0.105. The number of hydrogen-bond donors (Lipinski definition) is 1. The van der Waals surface area contributed by atoms with E-state index in [1.165, 1.54) is 20.3 Å². The summed E-state index contributed by atoms with van der Waals surface area (Å²) in [4.78, 5) is 38.0. The molecule has 4 amide bonds. The highest BCUT2D eigenvalue weighted by Crippen LogP contribution is 2.29. The van der Waals surface area contributed by atoms with E-state index in [2.05, 4.69) is 5.32 Å². The topological polar surface area (TPSA) is 84.9 Å². The van der Waals surface area contributed by atoms with E-state index in [1.54, 1.807) is 48.5 Å². The fourth-order valence-corrected chi connectivity index (χ4v) is 2.58. The normalized spacial score (nSPS) is 15.8. The summed E-state index contributed by atoms with van der Waals surface area (Å²) < 4.78 is 10.4. The van der Waals surface area contributed by atoms with Crippen LogP contribution in [-0.4, -0.2) is 32.1 Å². The first-order valence-corrected chi connectivity index (χ1v) is 7.73. The lowest BCUT2D eigenvalue weighted by Gasteiger charge is -2.26. The van der Waals surface area contributed by atoms with Gasteiger partial charge in [0.15, 0.2) is 11.5 Å². The van der Waals surface area contributed by atoms with Gasteiger partial charge in [-0.2, -0.15) is 0 Å². The second-order valence-corrected chi connectivity index (χ2v) is 5.41. The summed E-state index contributed by atoms with van der Waals surface area (Å²) in [7, 11) is 3.00. The molecule has 0 atom stereocenters. The van der Waals surface area contributed by atoms with Gasteiger partial charge in [0.1, 0.15) is 5.57 Å². The van der Waals surface area contributed by atoms with Gasteiger partial charge >= 0.3 is 6.03 Å². The number of carbonyl (C=O) groups is 3. The molecule has 1 fully saturated rings. The van der Waals surface area contributed by atoms with Gasteiger partial charge in [0.2, 0.25) is 0 Å². The predicted octanol–water partition coefficient (Wildman–Crippen LogP) is 2.37. The number of carbonyl (C=O) groups excluding carboxylic acids is 3. The van der Waals surface area contributed by atoms with E-state index in [-0.39, 0.29) is 5.57 Å². The number of para-hydroxylation sites is 1. The number of rotatable bonds is 4. The lowest BCUT2D eigenvalue weighted by molar-refractivity contribution is -0.122. The molecular weight excluding hydrogens is 336 g/mol. The minimum absolute atomic E-state index is 0.152. The van der Waals surface area contributed by atoms with Crippen LogP contribution in [0.4, 0.5) is 10.5 Å². The van der Waals surface area contributed by atoms with Gasteiger partial charge < -0.3 is 9.47 Å². The zero-order valence-corrected chi connectivity index (χ0v) is 14.2. The van der Waals surface area contributed by atoms with E-state index in [0.717, 1.165) is 4.90 Å². The van der Waals surface area contributed by atoms with E-state index >= 15 is 0 Å². The third-order valence-corrected chi connectivity index (χ3v) is 3.83. The van der Waals surface area contributed by atoms with Crippen LogP contribution in [-0.2, 0) is 9.59 Å². The first-order valence-electron chi connectivity index (χ1n) is 7.73. The standard InChI is InChI=1S/C19H16N2O5/c1-25-15-9-8-12(11-16(15)26-2)10-14-17(22)20-19(24)21(18(14)23)13-6-4-3-5-7-13/h3-11H,1-2H3,(H,20,22,24)/b14-10-. The van der Waals surface area contributed by atoms with Crippen molar-refractivity contribution >= 4 is 29.6 Å². The lowest BCUT2D eigenvalue weighted by Crippen LogP contribution is -2.54. The van der Waals surface area contributed by atoms with E-state index in [1.807, 2.05) is 0 Å². The summed E-state index contributed by atoms with van der Waals surface area (Å²) in [6.45, 7) is 0. The molecule has 2 aromatic carbocycles. The molecule has 0 saturated carbocycles. The third-order valence-electron chi connectivity index (χ3n) is 3.83. The summed E-state index contributed by atoms with van der Waals surface area (Å²) in [5.74, 6) is -0.460. The van der Waals surface area contributed by atoms with E-state index in [9.17, 15) is 14.4 Å². The minimum Gasteiger partial charge on any atom is -0.493 e. The monoisotopic (exact) mass is 352 g/mol. The molecule has 0 aromatic heterocycles. The minimum atomic E-state index is -0.782. The Balaban J connectivity index is 2.01. The molecule has 0 unspecified atom stereocenters. The van der Waals surface area contributed by atoms with Gasteiger partial charge in [0.05, 0.1) is 19.9 Å². The number of imide groups is 2. The molecule has 3 rings (SSSR count). The molecule has 26 heavy (non-hydrogen) atoms. The van der Waals surface area contributed by atoms with Gasteiger partial charge in [-0.25, -0.2) is 9.69 Å². The molecule has 7 nitrogen and oxygen atoms in total. The van der Waals surface area contributed by atoms with Gasteiger partial charge in [0.25, 0.3) is 11.8 Å². The van der Waals surface area contributed by atoms with Crippen molar-refractivity contribution in [3.05, 3.63) is 59.7 Å². The first-order chi connectivity index (χ1) is 12.5. The van der Waals surface area contributed by atoms with Gasteiger partial charge in [-0.1, -0.05) is 24.3 Å². The number of barbiturate groups is 1. The number of urea groups is 1. The van der Waals surface area contributed by atoms with Crippen molar-refractivity contribution in [2.45, 2.75) is 0 Å². The van der Waals surface area contributed by atoms with Crippen LogP contribution in [0.1, 0.15) is 5.56 Å². The fourth-order valence-electron chi connectivity index (χ4n) is 2.58. The second kappa shape index (κ2) is 7.10. The van der Waals surface area contributed by atoms with Crippen molar-refractivity contribution in [1.29, 1.82) is 0 Å². The molecule has 1 N–H and O–H groups in total. The number of methoxy groups -OCH3 is 2. The highest BCUT2D eigenvalue weighted by molar-refractivity contribution is 6.39. The quantitative estimate of drug-likeness (QED) is 0.674. The number of amides is 4. The molecule has 1 heterocycles. The Labute approximate surface area is 149 Å². The van der Waals surface area contributed by atoms with Gasteiger partial charge in [-0.15, -0.1) is 0 Å². The molecule has 7 heteroatoms. The van der Waals surface area contributed by atoms with E-state index < -0.39 is 17.8 Å². The molecule has 0 aliphatic carbocycles. The summed E-state index contributed by atoms with van der Waals surface area (Å²) in [5.41, 5.74) is 0.782. The number of hydrogen-bond acceptors (Lipinski definition) is 5. The van der Waals surface area contributed by atoms with Crippen LogP contribution in [0.5, 0.6) is 11.5 Å². The SMILES string of the molecule is COc1ccc(/C=C2/C(=O)NC(=O)N(c3ccccc3)C2=O)cc1OC. The molecule has 132 valence electrons. The van der Waals surface area contributed by atoms with Crippen LogP contribution in [0.25, 0.3) is 6.08 Å². The zero-order chi connectivity index (χ0) is 18.7. The van der Waals surface area contributed by atoms with E-state index in [0.29, 0.717) is 22.7 Å². The Morgan fingerprint density at radius 2 is 1.62 bits per heavy atom. The number of anilines is 1. The summed E-state index contributed by atoms with van der Waals surface area (Å²) in [6, 6.07) is 12.6. The van der Waals surface area contributed by atoms with Crippen molar-refractivity contribution in [2.24, 2.45) is 0 Å². The number of ether oxygens (including phenoxy) is 2. The Hall–Kier alpha value is -3.61. The number of benzene rings is 2. The van der Waals surface area contributed by atoms with Crippen molar-refractivity contribution < 1.29 is 23.9 Å². The second-order valence-electron chi connectivity index (χ2n) is 5.41. The van der Waals surface area contributed by atoms with Crippen LogP contribution < -0.4 is 19.7 Å². The largest absolute Gasteiger partial charge is 0.493 e. The molecule has 1 saturated heterocycles. The van der Waals surface area contributed by atoms with Crippen LogP contribution in [0, 0.1) is 0 Å². The van der Waals surface area contributed by atoms with Crippen LogP contribution in [0.15, 0.2) is 54.1 Å². The Bertz CT molecular complexity index is 905. The van der Waals surface area contributed by atoms with Crippen molar-refractivity contribution in [1.82, 2.24) is 5.32 Å². The summed E-state index contributed by atoms with van der Waals surface area (Å²) >= 11 is 0. The first kappa shape index (κ1) is 17.2. The van der Waals surface area contributed by atoms with E-state index in [4.69, 9.17) is 9.47 Å². The average Bonchev–Trinajstić information content (AvgIpc) is 2.65. The third kappa shape index (κ3) is 3.14. The molecule has 0 bridgehead atoms. The molecule has 0 radical (unpaired) electrons. The Morgan fingerprint density at radius 3 is 2.27 bits per heavy atom. The number of nitrogens with zero attached hydrogens (tertiary/aromatic N) is 1. The maximum atomic E-state index is 12.7. The molecule has 0 spiro atoms. The maximum Gasteiger partial charge on any atom is 0.335 e. The van der Waals surface area contributed by atoms with Crippen molar-refractivity contribution in [3.63, 3.8) is 0 Å². The Morgan fingerprint density at radius 1 is 0.923 bits per heavy atom. The van der Waals surface area contributed by atoms with Crippen molar-refractivity contribution in [3.8, 4) is 11.5 Å².